The predicted molar refractivity (Wildman–Crippen MR) is 143 cm³/mol. The number of carbonyl (C=O) groups excluding carboxylic acids is 1. The minimum atomic E-state index is -4.55. The number of pyridine rings is 1. The first kappa shape index (κ1) is 28.9. The molecule has 1 aliphatic rings. The normalized spacial score (nSPS) is 21.7. The molecule has 1 N–H and O–H groups in total. The van der Waals surface area contributed by atoms with Crippen LogP contribution in [0.1, 0.15) is 60.7 Å². The number of aryl methyl sites for hydroxylation is 1. The maximum atomic E-state index is 14.0. The quantitative estimate of drug-likeness (QED) is 0.299. The number of benzene rings is 2. The molecule has 1 aromatic heterocycles. The molecule has 1 fully saturated rings. The SMILES string of the molecule is C[C@]1(CC(=O)O)C[C@H](c2cccc(Cl)c2)[C@@H](c2ccc(Cl)cc2)N(CCCc2cccc(C(F)(F)F)n2)C1=O. The third-order valence-corrected chi connectivity index (χ3v) is 7.61. The molecule has 3 aromatic rings. The molecule has 10 heteroatoms. The zero-order valence-electron chi connectivity index (χ0n) is 21.1. The summed E-state index contributed by atoms with van der Waals surface area (Å²) in [6.07, 6.45) is -4.10. The molecular formula is C29H27Cl2F3N2O3. The topological polar surface area (TPSA) is 70.5 Å². The molecule has 0 aliphatic carbocycles. The summed E-state index contributed by atoms with van der Waals surface area (Å²) in [4.78, 5) is 31.2. The fourth-order valence-corrected chi connectivity index (χ4v) is 5.74. The number of nitrogens with zero attached hydrogens (tertiary/aromatic N) is 2. The van der Waals surface area contributed by atoms with Gasteiger partial charge < -0.3 is 10.0 Å². The lowest BCUT2D eigenvalue weighted by Crippen LogP contribution is -2.52. The molecule has 1 aliphatic heterocycles. The number of likely N-dealkylation sites (tertiary alicyclic amines) is 1. The van der Waals surface area contributed by atoms with Crippen molar-refractivity contribution in [2.24, 2.45) is 5.41 Å². The van der Waals surface area contributed by atoms with Gasteiger partial charge in [-0.25, -0.2) is 4.98 Å². The van der Waals surface area contributed by atoms with E-state index in [-0.39, 0.29) is 43.3 Å². The van der Waals surface area contributed by atoms with E-state index in [1.54, 1.807) is 30.0 Å². The van der Waals surface area contributed by atoms with Crippen molar-refractivity contribution >= 4 is 35.1 Å². The first-order chi connectivity index (χ1) is 18.4. The number of carbonyl (C=O) groups is 2. The largest absolute Gasteiger partial charge is 0.481 e. The van der Waals surface area contributed by atoms with Crippen molar-refractivity contribution in [1.82, 2.24) is 9.88 Å². The summed E-state index contributed by atoms with van der Waals surface area (Å²) in [7, 11) is 0. The van der Waals surface area contributed by atoms with E-state index in [9.17, 15) is 27.9 Å². The maximum absolute atomic E-state index is 14.0. The lowest BCUT2D eigenvalue weighted by Gasteiger charge is -2.49. The van der Waals surface area contributed by atoms with E-state index in [2.05, 4.69) is 4.98 Å². The molecule has 0 bridgehead atoms. The van der Waals surface area contributed by atoms with Crippen LogP contribution in [0.4, 0.5) is 13.2 Å². The highest BCUT2D eigenvalue weighted by Crippen LogP contribution is 2.51. The molecule has 0 saturated carbocycles. The van der Waals surface area contributed by atoms with E-state index in [4.69, 9.17) is 23.2 Å². The molecule has 0 spiro atoms. The van der Waals surface area contributed by atoms with E-state index in [1.165, 1.54) is 12.1 Å². The minimum Gasteiger partial charge on any atom is -0.481 e. The third-order valence-electron chi connectivity index (χ3n) is 7.12. The Morgan fingerprint density at radius 2 is 1.74 bits per heavy atom. The minimum absolute atomic E-state index is 0.191. The number of hydrogen-bond acceptors (Lipinski definition) is 3. The summed E-state index contributed by atoms with van der Waals surface area (Å²) < 4.78 is 39.4. The van der Waals surface area contributed by atoms with Gasteiger partial charge in [-0.3, -0.25) is 9.59 Å². The Morgan fingerprint density at radius 3 is 2.38 bits per heavy atom. The standard InChI is InChI=1S/C29H27Cl2F3N2O3/c1-28(17-25(37)38)16-23(19-5-2-6-21(31)15-19)26(18-10-12-20(30)13-11-18)36(27(28)39)14-4-8-22-7-3-9-24(35-22)29(32,33)34/h2-3,5-7,9-13,15,23,26H,4,8,14,16-17H2,1H3,(H,37,38)/t23-,26-,28-/m1/s1. The van der Waals surface area contributed by atoms with Gasteiger partial charge in [0, 0.05) is 28.2 Å². The van der Waals surface area contributed by atoms with Crippen LogP contribution in [0.25, 0.3) is 0 Å². The van der Waals surface area contributed by atoms with Crippen LogP contribution in [0.2, 0.25) is 10.0 Å². The summed E-state index contributed by atoms with van der Waals surface area (Å²) in [5, 5.41) is 10.7. The zero-order chi connectivity index (χ0) is 28.4. The second kappa shape index (κ2) is 11.6. The lowest BCUT2D eigenvalue weighted by atomic mass is 9.67. The van der Waals surface area contributed by atoms with E-state index in [1.807, 2.05) is 30.3 Å². The summed E-state index contributed by atoms with van der Waals surface area (Å²) in [5.41, 5.74) is -0.237. The summed E-state index contributed by atoms with van der Waals surface area (Å²) in [5.74, 6) is -1.70. The van der Waals surface area contributed by atoms with Crippen molar-refractivity contribution in [3.05, 3.63) is 99.3 Å². The van der Waals surface area contributed by atoms with Gasteiger partial charge in [-0.15, -0.1) is 0 Å². The predicted octanol–water partition coefficient (Wildman–Crippen LogP) is 7.58. The highest BCUT2D eigenvalue weighted by Gasteiger charge is 2.50. The van der Waals surface area contributed by atoms with Gasteiger partial charge in [0.25, 0.3) is 0 Å². The van der Waals surface area contributed by atoms with Crippen molar-refractivity contribution in [2.45, 2.75) is 50.7 Å². The van der Waals surface area contributed by atoms with Crippen molar-refractivity contribution in [1.29, 1.82) is 0 Å². The fraction of sp³-hybridized carbons (Fsp3) is 0.345. The van der Waals surface area contributed by atoms with Gasteiger partial charge in [-0.1, -0.05) is 60.5 Å². The Kier molecular flexibility index (Phi) is 8.57. The number of hydrogen-bond donors (Lipinski definition) is 1. The number of piperidine rings is 1. The number of alkyl halides is 3. The van der Waals surface area contributed by atoms with Crippen LogP contribution < -0.4 is 0 Å². The summed E-state index contributed by atoms with van der Waals surface area (Å²) >= 11 is 12.5. The van der Waals surface area contributed by atoms with Gasteiger partial charge in [-0.05, 0) is 66.8 Å². The number of halogens is 5. The smallest absolute Gasteiger partial charge is 0.433 e. The van der Waals surface area contributed by atoms with Crippen molar-refractivity contribution in [3.8, 4) is 0 Å². The van der Waals surface area contributed by atoms with E-state index in [0.717, 1.165) is 17.2 Å². The second-order valence-electron chi connectivity index (χ2n) is 10.1. The number of rotatable bonds is 8. The monoisotopic (exact) mass is 578 g/mol. The molecule has 0 radical (unpaired) electrons. The fourth-order valence-electron chi connectivity index (χ4n) is 5.41. The Labute approximate surface area is 234 Å². The third kappa shape index (κ3) is 6.73. The van der Waals surface area contributed by atoms with Crippen LogP contribution >= 0.6 is 23.2 Å². The van der Waals surface area contributed by atoms with Gasteiger partial charge >= 0.3 is 12.1 Å². The summed E-state index contributed by atoms with van der Waals surface area (Å²) in [6, 6.07) is 17.7. The molecule has 39 heavy (non-hydrogen) atoms. The van der Waals surface area contributed by atoms with Gasteiger partial charge in [-0.2, -0.15) is 13.2 Å². The highest BCUT2D eigenvalue weighted by molar-refractivity contribution is 6.30. The molecular weight excluding hydrogens is 552 g/mol. The molecule has 206 valence electrons. The first-order valence-corrected chi connectivity index (χ1v) is 13.2. The number of aliphatic carboxylic acids is 1. The van der Waals surface area contributed by atoms with E-state index in [0.29, 0.717) is 16.5 Å². The average Bonchev–Trinajstić information content (AvgIpc) is 2.86. The molecule has 4 rings (SSSR count). The van der Waals surface area contributed by atoms with Crippen LogP contribution in [-0.4, -0.2) is 33.4 Å². The molecule has 0 unspecified atom stereocenters. The zero-order valence-corrected chi connectivity index (χ0v) is 22.6. The van der Waals surface area contributed by atoms with Crippen molar-refractivity contribution in [2.75, 3.05) is 6.54 Å². The summed E-state index contributed by atoms with van der Waals surface area (Å²) in [6.45, 7) is 1.84. The number of amides is 1. The average molecular weight is 579 g/mol. The van der Waals surface area contributed by atoms with Crippen LogP contribution in [0.15, 0.2) is 66.7 Å². The maximum Gasteiger partial charge on any atom is 0.433 e. The van der Waals surface area contributed by atoms with Crippen LogP contribution in [0.3, 0.4) is 0 Å². The molecule has 2 heterocycles. The Balaban J connectivity index is 1.72. The van der Waals surface area contributed by atoms with Gasteiger partial charge in [0.2, 0.25) is 5.91 Å². The number of aromatic nitrogens is 1. The van der Waals surface area contributed by atoms with Crippen LogP contribution in [0.5, 0.6) is 0 Å². The molecule has 5 nitrogen and oxygen atoms in total. The Bertz CT molecular complexity index is 1350. The number of carboxylic acids is 1. The van der Waals surface area contributed by atoms with Crippen molar-refractivity contribution < 1.29 is 27.9 Å². The van der Waals surface area contributed by atoms with Gasteiger partial charge in [0.15, 0.2) is 0 Å². The van der Waals surface area contributed by atoms with Gasteiger partial charge in [0.1, 0.15) is 5.69 Å². The van der Waals surface area contributed by atoms with Crippen molar-refractivity contribution in [3.63, 3.8) is 0 Å². The second-order valence-corrected chi connectivity index (χ2v) is 11.0. The van der Waals surface area contributed by atoms with Crippen LogP contribution in [0, 0.1) is 5.41 Å². The Hall–Kier alpha value is -3.10. The van der Waals surface area contributed by atoms with E-state index < -0.39 is 29.3 Å². The number of carboxylic acid groups (broad SMARTS) is 1. The lowest BCUT2D eigenvalue weighted by molar-refractivity contribution is -0.157. The first-order valence-electron chi connectivity index (χ1n) is 12.4. The molecule has 1 amide bonds. The van der Waals surface area contributed by atoms with E-state index >= 15 is 0 Å². The van der Waals surface area contributed by atoms with Gasteiger partial charge in [0.05, 0.1) is 17.9 Å². The molecule has 3 atom stereocenters. The molecule has 2 aromatic carbocycles. The van der Waals surface area contributed by atoms with Crippen LogP contribution in [-0.2, 0) is 22.2 Å². The highest BCUT2D eigenvalue weighted by atomic mass is 35.5. The Morgan fingerprint density at radius 1 is 1.05 bits per heavy atom. The molecule has 1 saturated heterocycles.